The molecular weight excluding hydrogens is 270 g/mol. The van der Waals surface area contributed by atoms with Crippen molar-refractivity contribution in [2.45, 2.75) is 13.8 Å². The average molecular weight is 286 g/mol. The van der Waals surface area contributed by atoms with Crippen LogP contribution in [0, 0.1) is 0 Å². The topological polar surface area (TPSA) is 55.8 Å². The number of ether oxygens (including phenoxy) is 2. The number of amides is 1. The minimum absolute atomic E-state index is 0.194. The largest absolute Gasteiger partial charge is 0.494 e. The molecule has 19 heavy (non-hydrogen) atoms. The second-order valence-corrected chi connectivity index (χ2v) is 4.24. The highest BCUT2D eigenvalue weighted by molar-refractivity contribution is 6.31. The molecule has 0 radical (unpaired) electrons. The van der Waals surface area contributed by atoms with Gasteiger partial charge < -0.3 is 14.4 Å². The molecule has 0 fully saturated rings. The molecule has 1 rings (SSSR count). The van der Waals surface area contributed by atoms with Crippen molar-refractivity contribution in [3.05, 3.63) is 22.7 Å². The molecule has 0 aliphatic carbocycles. The molecule has 0 N–H and O–H groups in total. The second-order valence-electron chi connectivity index (χ2n) is 3.80. The van der Waals surface area contributed by atoms with Crippen LogP contribution in [0.15, 0.2) is 12.1 Å². The van der Waals surface area contributed by atoms with Gasteiger partial charge in [0.15, 0.2) is 5.75 Å². The van der Waals surface area contributed by atoms with Crippen molar-refractivity contribution in [2.24, 2.45) is 0 Å². The number of rotatable bonds is 4. The Kier molecular flexibility index (Phi) is 5.18. The number of hydrogen-bond acceptors (Lipinski definition) is 4. The van der Waals surface area contributed by atoms with E-state index in [1.165, 1.54) is 25.0 Å². The summed E-state index contributed by atoms with van der Waals surface area (Å²) in [5.74, 6) is -0.476. The van der Waals surface area contributed by atoms with Crippen molar-refractivity contribution in [2.75, 3.05) is 25.7 Å². The maximum absolute atomic E-state index is 11.9. The number of carbonyl (C=O) groups excluding carboxylic acids is 2. The smallest absolute Gasteiger partial charge is 0.342 e. The molecule has 0 aromatic heterocycles. The van der Waals surface area contributed by atoms with Gasteiger partial charge in [-0.05, 0) is 19.1 Å². The SMILES string of the molecule is CCOC(=O)c1cc(Cl)cc(N(C)C(C)=O)c1OC. The van der Waals surface area contributed by atoms with Gasteiger partial charge in [0.2, 0.25) is 5.91 Å². The fourth-order valence-corrected chi connectivity index (χ4v) is 1.79. The van der Waals surface area contributed by atoms with Gasteiger partial charge in [-0.15, -0.1) is 0 Å². The van der Waals surface area contributed by atoms with Gasteiger partial charge in [0, 0.05) is 19.0 Å². The van der Waals surface area contributed by atoms with E-state index in [1.807, 2.05) is 0 Å². The van der Waals surface area contributed by atoms with Crippen molar-refractivity contribution in [1.82, 2.24) is 0 Å². The summed E-state index contributed by atoms with van der Waals surface area (Å²) in [5.41, 5.74) is 0.616. The quantitative estimate of drug-likeness (QED) is 0.798. The molecule has 0 unspecified atom stereocenters. The Morgan fingerprint density at radius 1 is 1.37 bits per heavy atom. The minimum Gasteiger partial charge on any atom is -0.494 e. The Morgan fingerprint density at radius 3 is 2.47 bits per heavy atom. The third-order valence-electron chi connectivity index (χ3n) is 2.57. The first kappa shape index (κ1) is 15.3. The van der Waals surface area contributed by atoms with Crippen LogP contribution in [-0.4, -0.2) is 32.6 Å². The molecule has 0 spiro atoms. The van der Waals surface area contributed by atoms with E-state index >= 15 is 0 Å². The highest BCUT2D eigenvalue weighted by Crippen LogP contribution is 2.35. The normalized spacial score (nSPS) is 9.95. The molecule has 104 valence electrons. The summed E-state index contributed by atoms with van der Waals surface area (Å²) in [6.45, 7) is 3.36. The molecule has 0 aliphatic heterocycles. The molecule has 0 saturated carbocycles. The van der Waals surface area contributed by atoms with Crippen LogP contribution >= 0.6 is 11.6 Å². The lowest BCUT2D eigenvalue weighted by Crippen LogP contribution is -2.24. The highest BCUT2D eigenvalue weighted by atomic mass is 35.5. The predicted molar refractivity (Wildman–Crippen MR) is 73.0 cm³/mol. The molecule has 6 heteroatoms. The fourth-order valence-electron chi connectivity index (χ4n) is 1.57. The van der Waals surface area contributed by atoms with Gasteiger partial charge in [0.05, 0.1) is 19.4 Å². The lowest BCUT2D eigenvalue weighted by molar-refractivity contribution is -0.116. The molecule has 0 saturated heterocycles. The van der Waals surface area contributed by atoms with Crippen LogP contribution in [0.3, 0.4) is 0 Å². The summed E-state index contributed by atoms with van der Waals surface area (Å²) in [6, 6.07) is 3.01. The maximum Gasteiger partial charge on any atom is 0.342 e. The Morgan fingerprint density at radius 2 is 2.00 bits per heavy atom. The van der Waals surface area contributed by atoms with Gasteiger partial charge in [0.1, 0.15) is 5.56 Å². The summed E-state index contributed by atoms with van der Waals surface area (Å²) in [5, 5.41) is 0.326. The summed E-state index contributed by atoms with van der Waals surface area (Å²) < 4.78 is 10.2. The van der Waals surface area contributed by atoms with Crippen LogP contribution in [-0.2, 0) is 9.53 Å². The first-order valence-electron chi connectivity index (χ1n) is 5.71. The van der Waals surface area contributed by atoms with Gasteiger partial charge in [-0.2, -0.15) is 0 Å². The number of carbonyl (C=O) groups is 2. The number of hydrogen-bond donors (Lipinski definition) is 0. The van der Waals surface area contributed by atoms with Crippen molar-refractivity contribution in [3.8, 4) is 5.75 Å². The molecular formula is C13H16ClNO4. The number of esters is 1. The molecule has 1 aromatic carbocycles. The number of benzene rings is 1. The van der Waals surface area contributed by atoms with Crippen molar-refractivity contribution in [1.29, 1.82) is 0 Å². The van der Waals surface area contributed by atoms with Crippen LogP contribution < -0.4 is 9.64 Å². The Labute approximate surface area is 117 Å². The number of nitrogens with zero attached hydrogens (tertiary/aromatic N) is 1. The first-order chi connectivity index (χ1) is 8.92. The molecule has 0 heterocycles. The van der Waals surface area contributed by atoms with Crippen LogP contribution in [0.2, 0.25) is 5.02 Å². The highest BCUT2D eigenvalue weighted by Gasteiger charge is 2.21. The van der Waals surface area contributed by atoms with E-state index in [0.29, 0.717) is 10.7 Å². The van der Waals surface area contributed by atoms with E-state index in [-0.39, 0.29) is 23.8 Å². The molecule has 0 bridgehead atoms. The average Bonchev–Trinajstić information content (AvgIpc) is 2.36. The van der Waals surface area contributed by atoms with Crippen molar-refractivity contribution in [3.63, 3.8) is 0 Å². The van der Waals surface area contributed by atoms with Crippen molar-refractivity contribution >= 4 is 29.2 Å². The van der Waals surface area contributed by atoms with E-state index in [4.69, 9.17) is 21.1 Å². The lowest BCUT2D eigenvalue weighted by atomic mass is 10.1. The Bertz CT molecular complexity index is 502. The number of anilines is 1. The van der Waals surface area contributed by atoms with Crippen molar-refractivity contribution < 1.29 is 19.1 Å². The van der Waals surface area contributed by atoms with Crippen LogP contribution in [0.5, 0.6) is 5.75 Å². The van der Waals surface area contributed by atoms with Gasteiger partial charge in [-0.25, -0.2) is 4.79 Å². The standard InChI is InChI=1S/C13H16ClNO4/c1-5-19-13(17)10-6-9(14)7-11(12(10)18-4)15(3)8(2)16/h6-7H,5H2,1-4H3. The van der Waals surface area contributed by atoms with E-state index in [9.17, 15) is 9.59 Å². The van der Waals surface area contributed by atoms with E-state index in [1.54, 1.807) is 20.0 Å². The van der Waals surface area contributed by atoms with Crippen LogP contribution in [0.1, 0.15) is 24.2 Å². The zero-order valence-corrected chi connectivity index (χ0v) is 12.1. The Balaban J connectivity index is 3.40. The molecule has 0 aliphatic rings. The third-order valence-corrected chi connectivity index (χ3v) is 2.79. The minimum atomic E-state index is -0.542. The predicted octanol–water partition coefficient (Wildman–Crippen LogP) is 2.51. The summed E-state index contributed by atoms with van der Waals surface area (Å²) in [6.07, 6.45) is 0. The number of halogens is 1. The van der Waals surface area contributed by atoms with Crippen LogP contribution in [0.25, 0.3) is 0 Å². The fraction of sp³-hybridized carbons (Fsp3) is 0.385. The monoisotopic (exact) mass is 285 g/mol. The molecule has 1 aromatic rings. The summed E-state index contributed by atoms with van der Waals surface area (Å²) >= 11 is 5.97. The lowest BCUT2D eigenvalue weighted by Gasteiger charge is -2.20. The maximum atomic E-state index is 11.9. The zero-order valence-electron chi connectivity index (χ0n) is 11.3. The number of methoxy groups -OCH3 is 1. The van der Waals surface area contributed by atoms with Gasteiger partial charge in [-0.1, -0.05) is 11.6 Å². The van der Waals surface area contributed by atoms with E-state index in [2.05, 4.69) is 0 Å². The van der Waals surface area contributed by atoms with E-state index < -0.39 is 5.97 Å². The summed E-state index contributed by atoms with van der Waals surface area (Å²) in [4.78, 5) is 24.7. The van der Waals surface area contributed by atoms with Gasteiger partial charge in [-0.3, -0.25) is 4.79 Å². The third kappa shape index (κ3) is 3.38. The molecule has 1 amide bonds. The van der Waals surface area contributed by atoms with Crippen LogP contribution in [0.4, 0.5) is 5.69 Å². The molecule has 0 atom stereocenters. The first-order valence-corrected chi connectivity index (χ1v) is 6.09. The Hall–Kier alpha value is -1.75. The summed E-state index contributed by atoms with van der Waals surface area (Å²) in [7, 11) is 2.99. The van der Waals surface area contributed by atoms with E-state index in [0.717, 1.165) is 0 Å². The second kappa shape index (κ2) is 6.43. The molecule has 5 nitrogen and oxygen atoms in total. The zero-order chi connectivity index (χ0) is 14.6. The van der Waals surface area contributed by atoms with Gasteiger partial charge in [0.25, 0.3) is 0 Å². The van der Waals surface area contributed by atoms with Gasteiger partial charge >= 0.3 is 5.97 Å².